The summed E-state index contributed by atoms with van der Waals surface area (Å²) >= 11 is 0. The molecule has 102 valence electrons. The zero-order valence-electron chi connectivity index (χ0n) is 11.3. The van der Waals surface area contributed by atoms with Gasteiger partial charge in [-0.2, -0.15) is 0 Å². The van der Waals surface area contributed by atoms with Gasteiger partial charge in [0, 0.05) is 18.9 Å². The van der Waals surface area contributed by atoms with E-state index < -0.39 is 0 Å². The summed E-state index contributed by atoms with van der Waals surface area (Å²) in [6.45, 7) is 5.20. The lowest BCUT2D eigenvalue weighted by molar-refractivity contribution is -0.122. The molecule has 0 aromatic carbocycles. The maximum atomic E-state index is 11.9. The third kappa shape index (κ3) is 3.43. The molecule has 0 aliphatic carbocycles. The Morgan fingerprint density at radius 2 is 2.16 bits per heavy atom. The highest BCUT2D eigenvalue weighted by Crippen LogP contribution is 2.09. The molecule has 0 unspecified atom stereocenters. The molecule has 0 spiro atoms. The standard InChI is InChI=1S/C13H19N5O/c1-3-6-18-10-14-16-13(18)11(2)15-12(19)9-17-7-4-5-8-17/h4-5,7-8,10-11H,3,6,9H2,1-2H3,(H,15,19)/t11-/m1/s1. The van der Waals surface area contributed by atoms with E-state index in [-0.39, 0.29) is 11.9 Å². The molecule has 0 fully saturated rings. The molecule has 2 aromatic heterocycles. The summed E-state index contributed by atoms with van der Waals surface area (Å²) in [7, 11) is 0. The molecule has 0 bridgehead atoms. The summed E-state index contributed by atoms with van der Waals surface area (Å²) in [6.07, 6.45) is 6.44. The van der Waals surface area contributed by atoms with E-state index in [4.69, 9.17) is 0 Å². The second kappa shape index (κ2) is 6.17. The first-order valence-electron chi connectivity index (χ1n) is 6.48. The number of hydrogen-bond acceptors (Lipinski definition) is 3. The van der Waals surface area contributed by atoms with Crippen LogP contribution in [-0.2, 0) is 17.9 Å². The SMILES string of the molecule is CCCn1cnnc1[C@@H](C)NC(=O)Cn1cccc1. The van der Waals surface area contributed by atoms with Gasteiger partial charge in [0.1, 0.15) is 12.9 Å². The maximum absolute atomic E-state index is 11.9. The van der Waals surface area contributed by atoms with Crippen LogP contribution in [0.15, 0.2) is 30.9 Å². The van der Waals surface area contributed by atoms with Crippen LogP contribution in [0, 0.1) is 0 Å². The Bertz CT molecular complexity index is 517. The summed E-state index contributed by atoms with van der Waals surface area (Å²) in [5.41, 5.74) is 0. The Hall–Kier alpha value is -2.11. The number of nitrogens with zero attached hydrogens (tertiary/aromatic N) is 4. The third-order valence-corrected chi connectivity index (χ3v) is 2.87. The van der Waals surface area contributed by atoms with Gasteiger partial charge in [0.25, 0.3) is 0 Å². The summed E-state index contributed by atoms with van der Waals surface area (Å²) < 4.78 is 3.80. The fourth-order valence-corrected chi connectivity index (χ4v) is 2.01. The lowest BCUT2D eigenvalue weighted by Crippen LogP contribution is -2.31. The topological polar surface area (TPSA) is 64.7 Å². The molecule has 0 aliphatic rings. The molecule has 0 saturated carbocycles. The minimum absolute atomic E-state index is 0.0326. The number of aryl methyl sites for hydroxylation is 1. The van der Waals surface area contributed by atoms with Crippen LogP contribution in [0.25, 0.3) is 0 Å². The van der Waals surface area contributed by atoms with E-state index in [0.717, 1.165) is 18.8 Å². The zero-order chi connectivity index (χ0) is 13.7. The predicted octanol–water partition coefficient (Wildman–Crippen LogP) is 1.37. The maximum Gasteiger partial charge on any atom is 0.240 e. The van der Waals surface area contributed by atoms with Crippen molar-refractivity contribution in [3.63, 3.8) is 0 Å². The van der Waals surface area contributed by atoms with E-state index in [1.165, 1.54) is 0 Å². The van der Waals surface area contributed by atoms with E-state index in [9.17, 15) is 4.79 Å². The third-order valence-electron chi connectivity index (χ3n) is 2.87. The second-order valence-electron chi connectivity index (χ2n) is 4.53. The largest absolute Gasteiger partial charge is 0.345 e. The second-order valence-corrected chi connectivity index (χ2v) is 4.53. The average Bonchev–Trinajstić information content (AvgIpc) is 3.00. The van der Waals surface area contributed by atoms with Gasteiger partial charge in [0.2, 0.25) is 5.91 Å². The highest BCUT2D eigenvalue weighted by molar-refractivity contribution is 5.76. The first kappa shape index (κ1) is 13.3. The van der Waals surface area contributed by atoms with E-state index in [0.29, 0.717) is 6.54 Å². The summed E-state index contributed by atoms with van der Waals surface area (Å²) in [4.78, 5) is 11.9. The summed E-state index contributed by atoms with van der Waals surface area (Å²) in [6, 6.07) is 3.65. The zero-order valence-corrected chi connectivity index (χ0v) is 11.3. The van der Waals surface area contributed by atoms with Gasteiger partial charge < -0.3 is 14.5 Å². The van der Waals surface area contributed by atoms with Crippen molar-refractivity contribution in [1.82, 2.24) is 24.6 Å². The van der Waals surface area contributed by atoms with Gasteiger partial charge in [-0.05, 0) is 25.5 Å². The number of amides is 1. The van der Waals surface area contributed by atoms with Crippen LogP contribution in [0.1, 0.15) is 32.1 Å². The average molecular weight is 261 g/mol. The molecule has 6 heteroatoms. The number of aromatic nitrogens is 4. The molecule has 19 heavy (non-hydrogen) atoms. The minimum atomic E-state index is -0.142. The van der Waals surface area contributed by atoms with Gasteiger partial charge in [-0.25, -0.2) is 0 Å². The Balaban J connectivity index is 1.94. The lowest BCUT2D eigenvalue weighted by Gasteiger charge is -2.14. The van der Waals surface area contributed by atoms with Crippen LogP contribution in [0.3, 0.4) is 0 Å². The van der Waals surface area contributed by atoms with Crippen LogP contribution in [0.4, 0.5) is 0 Å². The quantitative estimate of drug-likeness (QED) is 0.854. The van der Waals surface area contributed by atoms with Crippen molar-refractivity contribution in [2.45, 2.75) is 39.4 Å². The van der Waals surface area contributed by atoms with E-state index in [2.05, 4.69) is 22.4 Å². The molecule has 0 radical (unpaired) electrons. The molecular formula is C13H19N5O. The number of hydrogen-bond donors (Lipinski definition) is 1. The van der Waals surface area contributed by atoms with Gasteiger partial charge in [0.05, 0.1) is 6.04 Å². The van der Waals surface area contributed by atoms with Crippen LogP contribution < -0.4 is 5.32 Å². The number of carbonyl (C=O) groups excluding carboxylic acids is 1. The Labute approximate surface area is 112 Å². The monoisotopic (exact) mass is 261 g/mol. The Kier molecular flexibility index (Phi) is 4.33. The van der Waals surface area contributed by atoms with Gasteiger partial charge >= 0.3 is 0 Å². The Morgan fingerprint density at radius 1 is 1.42 bits per heavy atom. The minimum Gasteiger partial charge on any atom is -0.345 e. The fourth-order valence-electron chi connectivity index (χ4n) is 2.01. The molecule has 0 saturated heterocycles. The Morgan fingerprint density at radius 3 is 2.84 bits per heavy atom. The number of nitrogens with one attached hydrogen (secondary N) is 1. The van der Waals surface area contributed by atoms with Crippen LogP contribution in [0.5, 0.6) is 0 Å². The first-order chi connectivity index (χ1) is 9.20. The fraction of sp³-hybridized carbons (Fsp3) is 0.462. The molecule has 2 rings (SSSR count). The van der Waals surface area contributed by atoms with Gasteiger partial charge in [0.15, 0.2) is 5.82 Å². The van der Waals surface area contributed by atoms with Crippen molar-refractivity contribution in [2.75, 3.05) is 0 Å². The van der Waals surface area contributed by atoms with Crippen molar-refractivity contribution >= 4 is 5.91 Å². The van der Waals surface area contributed by atoms with Crippen molar-refractivity contribution in [3.8, 4) is 0 Å². The summed E-state index contributed by atoms with van der Waals surface area (Å²) in [5.74, 6) is 0.762. The van der Waals surface area contributed by atoms with Gasteiger partial charge in [-0.1, -0.05) is 6.92 Å². The van der Waals surface area contributed by atoms with Crippen molar-refractivity contribution < 1.29 is 4.79 Å². The molecule has 1 N–H and O–H groups in total. The van der Waals surface area contributed by atoms with Crippen molar-refractivity contribution in [1.29, 1.82) is 0 Å². The smallest absolute Gasteiger partial charge is 0.240 e. The summed E-state index contributed by atoms with van der Waals surface area (Å²) in [5, 5.41) is 10.9. The first-order valence-corrected chi connectivity index (χ1v) is 6.48. The molecule has 1 amide bonds. The van der Waals surface area contributed by atoms with Gasteiger partial charge in [-0.3, -0.25) is 4.79 Å². The van der Waals surface area contributed by atoms with Gasteiger partial charge in [-0.15, -0.1) is 10.2 Å². The highest BCUT2D eigenvalue weighted by atomic mass is 16.2. The molecule has 2 heterocycles. The van der Waals surface area contributed by atoms with Crippen molar-refractivity contribution in [2.24, 2.45) is 0 Å². The number of rotatable bonds is 6. The number of carbonyl (C=O) groups is 1. The van der Waals surface area contributed by atoms with Crippen LogP contribution >= 0.6 is 0 Å². The van der Waals surface area contributed by atoms with E-state index in [1.54, 1.807) is 6.33 Å². The van der Waals surface area contributed by atoms with Crippen molar-refractivity contribution in [3.05, 3.63) is 36.7 Å². The molecule has 6 nitrogen and oxygen atoms in total. The van der Waals surface area contributed by atoms with E-state index >= 15 is 0 Å². The highest BCUT2D eigenvalue weighted by Gasteiger charge is 2.15. The predicted molar refractivity (Wildman–Crippen MR) is 71.3 cm³/mol. The lowest BCUT2D eigenvalue weighted by atomic mass is 10.3. The molecule has 2 aromatic rings. The molecule has 0 aliphatic heterocycles. The van der Waals surface area contributed by atoms with Crippen LogP contribution in [-0.4, -0.2) is 25.2 Å². The molecular weight excluding hydrogens is 242 g/mol. The van der Waals surface area contributed by atoms with E-state index in [1.807, 2.05) is 40.6 Å². The normalized spacial score (nSPS) is 12.3. The molecule has 1 atom stereocenters. The van der Waals surface area contributed by atoms with Crippen LogP contribution in [0.2, 0.25) is 0 Å².